The summed E-state index contributed by atoms with van der Waals surface area (Å²) in [6.45, 7) is 20.6. The van der Waals surface area contributed by atoms with Crippen molar-refractivity contribution in [2.75, 3.05) is 48.4 Å². The first-order valence-electron chi connectivity index (χ1n) is 16.4. The van der Waals surface area contributed by atoms with Crippen molar-refractivity contribution in [3.63, 3.8) is 0 Å². The van der Waals surface area contributed by atoms with E-state index in [1.807, 2.05) is 60.4 Å². The van der Waals surface area contributed by atoms with Gasteiger partial charge in [-0.25, -0.2) is 4.99 Å². The summed E-state index contributed by atoms with van der Waals surface area (Å²) in [7, 11) is 2.00. The Morgan fingerprint density at radius 3 is 2.64 bits per heavy atom. The number of ether oxygens (including phenoxy) is 2. The molecule has 1 unspecified atom stereocenters. The maximum Gasteiger partial charge on any atom is 0.246 e. The van der Waals surface area contributed by atoms with Crippen molar-refractivity contribution >= 4 is 28.8 Å². The largest absolute Gasteiger partial charge is 0.488 e. The maximum absolute atomic E-state index is 12.3. The van der Waals surface area contributed by atoms with Gasteiger partial charge >= 0.3 is 0 Å². The molecule has 246 valence electrons. The Labute approximate surface area is 279 Å². The summed E-state index contributed by atoms with van der Waals surface area (Å²) >= 11 is 0. The molecule has 1 fully saturated rings. The number of nitrogens with zero attached hydrogens (tertiary/aromatic N) is 4. The molecule has 2 aliphatic heterocycles. The van der Waals surface area contributed by atoms with Crippen molar-refractivity contribution in [1.82, 2.24) is 4.90 Å². The van der Waals surface area contributed by atoms with Crippen molar-refractivity contribution in [2.45, 2.75) is 53.0 Å². The number of amidine groups is 1. The summed E-state index contributed by atoms with van der Waals surface area (Å²) in [6.07, 6.45) is 7.96. The topological polar surface area (TPSA) is 69.6 Å². The SMILES string of the molecule is C=CC(=O)N1CCN2c3ccc(C)c(C(=N/C=C/CC)Nc4ccc(Oc5ccc(N(C)C=C)c(C(C)C)c5)c(C)c4)c3OCC2C1. The Balaban J connectivity index is 1.42. The van der Waals surface area contributed by atoms with Crippen LogP contribution in [0.15, 0.2) is 91.2 Å². The van der Waals surface area contributed by atoms with Gasteiger partial charge < -0.3 is 29.5 Å². The molecule has 1 saturated heterocycles. The molecule has 0 aromatic heterocycles. The molecule has 2 heterocycles. The number of carbonyl (C=O) groups is 1. The maximum atomic E-state index is 12.3. The monoisotopic (exact) mass is 633 g/mol. The minimum atomic E-state index is -0.0392. The van der Waals surface area contributed by atoms with E-state index in [9.17, 15) is 4.79 Å². The predicted octanol–water partition coefficient (Wildman–Crippen LogP) is 8.18. The number of amides is 1. The fourth-order valence-corrected chi connectivity index (χ4v) is 6.14. The molecule has 1 amide bonds. The third-order valence-corrected chi connectivity index (χ3v) is 8.77. The summed E-state index contributed by atoms with van der Waals surface area (Å²) in [5.41, 5.74) is 7.21. The number of benzene rings is 3. The average Bonchev–Trinajstić information content (AvgIpc) is 3.07. The van der Waals surface area contributed by atoms with E-state index in [-0.39, 0.29) is 11.9 Å². The molecular weight excluding hydrogens is 586 g/mol. The van der Waals surface area contributed by atoms with Crippen LogP contribution in [0.2, 0.25) is 0 Å². The standard InChI is InChI=1S/C39H47N5O3/c1-9-12-19-40-39(37-27(6)13-16-34-38(37)46-25-30-24-43(36(45)10-2)20-21-44(30)34)41-29-14-18-35(28(7)22-29)47-31-15-17-33(42(8)11-3)32(23-31)26(4)5/h10-19,22-23,26,30H,2-3,9,20-21,24-25H2,1,4-8H3,(H,40,41)/b19-12+. The Kier molecular flexibility index (Phi) is 10.4. The van der Waals surface area contributed by atoms with E-state index in [0.29, 0.717) is 31.4 Å². The summed E-state index contributed by atoms with van der Waals surface area (Å²) in [5, 5.41) is 3.59. The lowest BCUT2D eigenvalue weighted by Crippen LogP contribution is -2.58. The van der Waals surface area contributed by atoms with Crippen molar-refractivity contribution in [3.8, 4) is 17.2 Å². The normalized spacial score (nSPS) is 16.0. The smallest absolute Gasteiger partial charge is 0.246 e. The third-order valence-electron chi connectivity index (χ3n) is 8.77. The van der Waals surface area contributed by atoms with Gasteiger partial charge in [0.1, 0.15) is 23.9 Å². The molecule has 3 aromatic carbocycles. The molecule has 0 saturated carbocycles. The fourth-order valence-electron chi connectivity index (χ4n) is 6.14. The van der Waals surface area contributed by atoms with Crippen LogP contribution in [0.4, 0.5) is 17.1 Å². The second-order valence-corrected chi connectivity index (χ2v) is 12.4. The van der Waals surface area contributed by atoms with Crippen LogP contribution in [-0.2, 0) is 4.79 Å². The first-order valence-corrected chi connectivity index (χ1v) is 16.4. The van der Waals surface area contributed by atoms with Gasteiger partial charge in [0.25, 0.3) is 0 Å². The molecule has 3 aromatic rings. The molecule has 0 radical (unpaired) electrons. The van der Waals surface area contributed by atoms with Crippen molar-refractivity contribution in [1.29, 1.82) is 0 Å². The molecule has 47 heavy (non-hydrogen) atoms. The van der Waals surface area contributed by atoms with Gasteiger partial charge in [0, 0.05) is 44.3 Å². The molecule has 0 spiro atoms. The number of piperazine rings is 1. The summed E-state index contributed by atoms with van der Waals surface area (Å²) in [4.78, 5) is 23.4. The number of allylic oxidation sites excluding steroid dienone is 1. The fraction of sp³-hybridized carbons (Fsp3) is 0.333. The molecule has 8 nitrogen and oxygen atoms in total. The van der Waals surface area contributed by atoms with Crippen LogP contribution in [0.3, 0.4) is 0 Å². The number of carbonyl (C=O) groups excluding carboxylic acids is 1. The zero-order valence-electron chi connectivity index (χ0n) is 28.5. The van der Waals surface area contributed by atoms with Gasteiger partial charge in [-0.1, -0.05) is 46.1 Å². The lowest BCUT2D eigenvalue weighted by Gasteiger charge is -2.45. The van der Waals surface area contributed by atoms with Gasteiger partial charge in [-0.15, -0.1) is 0 Å². The van der Waals surface area contributed by atoms with Crippen molar-refractivity contribution < 1.29 is 14.3 Å². The lowest BCUT2D eigenvalue weighted by molar-refractivity contribution is -0.127. The van der Waals surface area contributed by atoms with E-state index in [0.717, 1.165) is 64.0 Å². The molecular formula is C39H47N5O3. The second-order valence-electron chi connectivity index (χ2n) is 12.4. The van der Waals surface area contributed by atoms with E-state index in [2.05, 4.69) is 81.4 Å². The molecule has 1 atom stereocenters. The molecule has 2 aliphatic rings. The van der Waals surface area contributed by atoms with Crippen LogP contribution in [0.5, 0.6) is 17.2 Å². The van der Waals surface area contributed by atoms with Crippen LogP contribution in [0.25, 0.3) is 0 Å². The average molecular weight is 634 g/mol. The van der Waals surface area contributed by atoms with Gasteiger partial charge in [-0.2, -0.15) is 0 Å². The minimum Gasteiger partial charge on any atom is -0.488 e. The van der Waals surface area contributed by atoms with E-state index >= 15 is 0 Å². The van der Waals surface area contributed by atoms with Crippen molar-refractivity contribution in [2.24, 2.45) is 4.99 Å². The van der Waals surface area contributed by atoms with Crippen LogP contribution < -0.4 is 24.6 Å². The number of rotatable bonds is 10. The Morgan fingerprint density at radius 1 is 1.13 bits per heavy atom. The zero-order valence-corrected chi connectivity index (χ0v) is 28.5. The highest BCUT2D eigenvalue weighted by molar-refractivity contribution is 6.12. The molecule has 0 aliphatic carbocycles. The molecule has 8 heteroatoms. The first-order chi connectivity index (χ1) is 22.6. The number of aliphatic imine (C=N–C) groups is 1. The van der Waals surface area contributed by atoms with Gasteiger partial charge in [-0.05, 0) is 97.6 Å². The number of anilines is 3. The lowest BCUT2D eigenvalue weighted by atomic mass is 10.00. The predicted molar refractivity (Wildman–Crippen MR) is 195 cm³/mol. The van der Waals surface area contributed by atoms with Crippen LogP contribution in [0.1, 0.15) is 55.4 Å². The Bertz CT molecular complexity index is 1710. The van der Waals surface area contributed by atoms with Crippen molar-refractivity contribution in [3.05, 3.63) is 108 Å². The van der Waals surface area contributed by atoms with E-state index in [1.165, 1.54) is 11.6 Å². The molecule has 0 bridgehead atoms. The van der Waals surface area contributed by atoms with E-state index < -0.39 is 0 Å². The van der Waals surface area contributed by atoms with E-state index in [4.69, 9.17) is 14.5 Å². The van der Waals surface area contributed by atoms with Gasteiger partial charge in [0.2, 0.25) is 5.91 Å². The van der Waals surface area contributed by atoms with Crippen LogP contribution >= 0.6 is 0 Å². The Hall–Kier alpha value is -4.98. The number of aryl methyl sites for hydroxylation is 2. The highest BCUT2D eigenvalue weighted by atomic mass is 16.5. The summed E-state index contributed by atoms with van der Waals surface area (Å²) < 4.78 is 12.9. The van der Waals surface area contributed by atoms with Crippen LogP contribution in [0, 0.1) is 13.8 Å². The number of nitrogens with one attached hydrogen (secondary N) is 1. The number of hydrogen-bond acceptors (Lipinski definition) is 6. The second kappa shape index (κ2) is 14.6. The third kappa shape index (κ3) is 7.22. The van der Waals surface area contributed by atoms with Gasteiger partial charge in [0.15, 0.2) is 5.75 Å². The number of hydrogen-bond donors (Lipinski definition) is 1. The first kappa shape index (κ1) is 33.4. The summed E-state index contributed by atoms with van der Waals surface area (Å²) in [5.74, 6) is 3.39. The minimum absolute atomic E-state index is 0.0392. The van der Waals surface area contributed by atoms with Crippen LogP contribution in [-0.4, -0.2) is 56.0 Å². The van der Waals surface area contributed by atoms with E-state index in [1.54, 1.807) is 0 Å². The molecule has 5 rings (SSSR count). The molecule has 1 N–H and O–H groups in total. The highest BCUT2D eigenvalue weighted by Crippen LogP contribution is 2.41. The highest BCUT2D eigenvalue weighted by Gasteiger charge is 2.36. The summed E-state index contributed by atoms with van der Waals surface area (Å²) in [6, 6.07) is 16.6. The number of fused-ring (bicyclic) bond motifs is 3. The quantitative estimate of drug-likeness (QED) is 0.138. The van der Waals surface area contributed by atoms with Gasteiger partial charge in [-0.3, -0.25) is 4.79 Å². The Morgan fingerprint density at radius 2 is 1.94 bits per heavy atom. The zero-order chi connectivity index (χ0) is 33.7. The van der Waals surface area contributed by atoms with Gasteiger partial charge in [0.05, 0.1) is 17.3 Å².